The molecule has 1 atom stereocenters. The van der Waals surface area contributed by atoms with Gasteiger partial charge in [0, 0.05) is 5.25 Å². The first-order chi connectivity index (χ1) is 9.97. The van der Waals surface area contributed by atoms with Gasteiger partial charge in [-0.1, -0.05) is 36.0 Å². The average Bonchev–Trinajstić information content (AvgIpc) is 2.81. The number of aromatic nitrogens is 3. The molecule has 0 saturated heterocycles. The molecule has 8 heteroatoms. The predicted molar refractivity (Wildman–Crippen MR) is 73.2 cm³/mol. The number of nitrogens with zero attached hydrogens (tertiary/aromatic N) is 3. The molecule has 4 nitrogen and oxygen atoms in total. The van der Waals surface area contributed by atoms with Crippen LogP contribution in [-0.2, 0) is 12.6 Å². The van der Waals surface area contributed by atoms with E-state index in [1.807, 2.05) is 18.2 Å². The topological polar surface area (TPSA) is 56.7 Å². The van der Waals surface area contributed by atoms with Crippen LogP contribution >= 0.6 is 11.8 Å². The molecule has 21 heavy (non-hydrogen) atoms. The van der Waals surface area contributed by atoms with Gasteiger partial charge < -0.3 is 5.84 Å². The largest absolute Gasteiger partial charge is 0.453 e. The highest BCUT2D eigenvalue weighted by molar-refractivity contribution is 7.99. The summed E-state index contributed by atoms with van der Waals surface area (Å²) in [5.41, 5.74) is 2.38. The molecule has 0 saturated carbocycles. The minimum absolute atomic E-state index is 0.0579. The molecule has 0 fully saturated rings. The van der Waals surface area contributed by atoms with Crippen molar-refractivity contribution in [2.75, 3.05) is 5.84 Å². The highest BCUT2D eigenvalue weighted by Crippen LogP contribution is 2.43. The summed E-state index contributed by atoms with van der Waals surface area (Å²) in [5.74, 6) is 4.31. The zero-order valence-corrected chi connectivity index (χ0v) is 11.8. The van der Waals surface area contributed by atoms with Crippen molar-refractivity contribution in [3.63, 3.8) is 0 Å². The van der Waals surface area contributed by atoms with Crippen molar-refractivity contribution in [2.45, 2.75) is 35.8 Å². The highest BCUT2D eigenvalue weighted by atomic mass is 32.2. The summed E-state index contributed by atoms with van der Waals surface area (Å²) in [7, 11) is 0. The first kappa shape index (κ1) is 14.2. The van der Waals surface area contributed by atoms with Crippen molar-refractivity contribution in [3.8, 4) is 0 Å². The number of hydrogen-bond donors (Lipinski definition) is 1. The molecule has 2 N–H and O–H groups in total. The van der Waals surface area contributed by atoms with Gasteiger partial charge in [0.1, 0.15) is 0 Å². The van der Waals surface area contributed by atoms with E-state index in [0.717, 1.165) is 24.8 Å². The lowest BCUT2D eigenvalue weighted by atomic mass is 9.91. The summed E-state index contributed by atoms with van der Waals surface area (Å²) in [6.07, 6.45) is -1.71. The van der Waals surface area contributed by atoms with E-state index < -0.39 is 12.0 Å². The number of nitrogens with two attached hydrogens (primary N) is 1. The predicted octanol–water partition coefficient (Wildman–Crippen LogP) is 3.18. The summed E-state index contributed by atoms with van der Waals surface area (Å²) in [6.45, 7) is 0. The number of hydrogen-bond acceptors (Lipinski definition) is 4. The van der Waals surface area contributed by atoms with Crippen LogP contribution in [0.25, 0.3) is 0 Å². The third-order valence-corrected chi connectivity index (χ3v) is 4.74. The molecule has 0 bridgehead atoms. The Bertz CT molecular complexity index is 653. The Labute approximate surface area is 123 Å². The van der Waals surface area contributed by atoms with Gasteiger partial charge in [-0.15, -0.1) is 10.2 Å². The summed E-state index contributed by atoms with van der Waals surface area (Å²) < 4.78 is 38.5. The fourth-order valence-corrected chi connectivity index (χ4v) is 3.69. The van der Waals surface area contributed by atoms with Crippen LogP contribution in [0.2, 0.25) is 0 Å². The van der Waals surface area contributed by atoms with Crippen molar-refractivity contribution in [1.29, 1.82) is 0 Å². The number of aryl methyl sites for hydroxylation is 1. The monoisotopic (exact) mass is 314 g/mol. The molecule has 3 rings (SSSR count). The molecular weight excluding hydrogens is 301 g/mol. The molecule has 0 aliphatic heterocycles. The molecule has 1 unspecified atom stereocenters. The van der Waals surface area contributed by atoms with E-state index in [1.54, 1.807) is 0 Å². The zero-order valence-electron chi connectivity index (χ0n) is 11.0. The van der Waals surface area contributed by atoms with Crippen molar-refractivity contribution in [3.05, 3.63) is 41.2 Å². The molecule has 2 aromatic rings. The number of nitrogen functional groups attached to an aromatic ring is 1. The number of fused-ring (bicyclic) bond motifs is 1. The number of thioether (sulfide) groups is 1. The van der Waals surface area contributed by atoms with Crippen molar-refractivity contribution < 1.29 is 13.2 Å². The zero-order chi connectivity index (χ0) is 15.0. The van der Waals surface area contributed by atoms with Crippen molar-refractivity contribution in [1.82, 2.24) is 14.9 Å². The van der Waals surface area contributed by atoms with E-state index in [4.69, 9.17) is 5.84 Å². The maximum Gasteiger partial charge on any atom is 0.453 e. The van der Waals surface area contributed by atoms with Gasteiger partial charge in [-0.25, -0.2) is 4.68 Å². The molecular formula is C13H13F3N4S. The number of halogens is 3. The second-order valence-electron chi connectivity index (χ2n) is 4.87. The Kier molecular flexibility index (Phi) is 3.56. The summed E-state index contributed by atoms with van der Waals surface area (Å²) >= 11 is 1.24. The lowest BCUT2D eigenvalue weighted by molar-refractivity contribution is -0.146. The van der Waals surface area contributed by atoms with Gasteiger partial charge in [-0.2, -0.15) is 13.2 Å². The van der Waals surface area contributed by atoms with E-state index in [2.05, 4.69) is 16.3 Å². The molecule has 112 valence electrons. The number of rotatable bonds is 2. The Morgan fingerprint density at radius 3 is 2.71 bits per heavy atom. The van der Waals surface area contributed by atoms with Crippen LogP contribution in [0.4, 0.5) is 13.2 Å². The molecule has 1 aliphatic rings. The minimum Gasteiger partial charge on any atom is -0.335 e. The van der Waals surface area contributed by atoms with Gasteiger partial charge in [0.05, 0.1) is 0 Å². The Morgan fingerprint density at radius 2 is 2.00 bits per heavy atom. The number of benzene rings is 1. The van der Waals surface area contributed by atoms with Gasteiger partial charge >= 0.3 is 6.18 Å². The normalized spacial score (nSPS) is 18.5. The van der Waals surface area contributed by atoms with Gasteiger partial charge in [0.15, 0.2) is 0 Å². The van der Waals surface area contributed by atoms with Crippen LogP contribution < -0.4 is 5.84 Å². The lowest BCUT2D eigenvalue weighted by Gasteiger charge is -2.24. The lowest BCUT2D eigenvalue weighted by Crippen LogP contribution is -2.21. The first-order valence-electron chi connectivity index (χ1n) is 6.49. The van der Waals surface area contributed by atoms with Crippen LogP contribution in [0.5, 0.6) is 0 Å². The van der Waals surface area contributed by atoms with Crippen molar-refractivity contribution in [2.24, 2.45) is 0 Å². The number of alkyl halides is 3. The summed E-state index contributed by atoms with van der Waals surface area (Å²) in [4.78, 5) is 0. The van der Waals surface area contributed by atoms with Crippen molar-refractivity contribution >= 4 is 11.8 Å². The molecule has 1 aliphatic carbocycles. The van der Waals surface area contributed by atoms with Crippen LogP contribution in [0.1, 0.15) is 35.0 Å². The highest BCUT2D eigenvalue weighted by Gasteiger charge is 2.38. The van der Waals surface area contributed by atoms with E-state index in [9.17, 15) is 13.2 Å². The van der Waals surface area contributed by atoms with Gasteiger partial charge in [-0.3, -0.25) is 0 Å². The maximum atomic E-state index is 12.7. The Balaban J connectivity index is 1.87. The quantitative estimate of drug-likeness (QED) is 0.865. The van der Waals surface area contributed by atoms with Gasteiger partial charge in [-0.05, 0) is 30.4 Å². The summed E-state index contributed by atoms with van der Waals surface area (Å²) in [6, 6.07) is 7.97. The molecule has 1 heterocycles. The fourth-order valence-electron chi connectivity index (χ4n) is 2.51. The first-order valence-corrected chi connectivity index (χ1v) is 7.37. The van der Waals surface area contributed by atoms with Gasteiger partial charge in [0.2, 0.25) is 5.16 Å². The second-order valence-corrected chi connectivity index (χ2v) is 6.04. The average molecular weight is 314 g/mol. The SMILES string of the molecule is Nn1c(SC2CCCc3ccccc32)nnc1C(F)(F)F. The fraction of sp³-hybridized carbons (Fsp3) is 0.385. The maximum absolute atomic E-state index is 12.7. The van der Waals surface area contributed by atoms with Crippen LogP contribution in [0, 0.1) is 0 Å². The molecule has 1 aromatic heterocycles. The molecule has 1 aromatic carbocycles. The van der Waals surface area contributed by atoms with Crippen LogP contribution in [0.3, 0.4) is 0 Å². The minimum atomic E-state index is -4.59. The van der Waals surface area contributed by atoms with E-state index >= 15 is 0 Å². The van der Waals surface area contributed by atoms with Crippen LogP contribution in [-0.4, -0.2) is 14.9 Å². The Morgan fingerprint density at radius 1 is 1.24 bits per heavy atom. The van der Waals surface area contributed by atoms with E-state index in [1.165, 1.54) is 17.3 Å². The van der Waals surface area contributed by atoms with E-state index in [0.29, 0.717) is 4.68 Å². The molecule has 0 spiro atoms. The third kappa shape index (κ3) is 2.72. The smallest absolute Gasteiger partial charge is 0.335 e. The van der Waals surface area contributed by atoms with Gasteiger partial charge in [0.25, 0.3) is 5.82 Å². The second kappa shape index (κ2) is 5.25. The standard InChI is InChI=1S/C13H13F3N4S/c14-13(15,16)11-18-19-12(20(11)17)21-10-7-3-5-8-4-1-2-6-9(8)10/h1-2,4,6,10H,3,5,7,17H2. The summed E-state index contributed by atoms with van der Waals surface area (Å²) in [5, 5.41) is 6.88. The third-order valence-electron chi connectivity index (χ3n) is 3.48. The Hall–Kier alpha value is -1.70. The van der Waals surface area contributed by atoms with E-state index in [-0.39, 0.29) is 10.4 Å². The molecule has 0 radical (unpaired) electrons. The van der Waals surface area contributed by atoms with Crippen LogP contribution in [0.15, 0.2) is 29.4 Å². The molecule has 0 amide bonds.